The largest absolute Gasteiger partial charge is 0.298 e. The molecule has 0 aliphatic carbocycles. The number of carbonyl (C=O) groups excluding carboxylic acids is 1. The Morgan fingerprint density at radius 1 is 1.24 bits per heavy atom. The predicted octanol–water partition coefficient (Wildman–Crippen LogP) is 2.36. The van der Waals surface area contributed by atoms with Gasteiger partial charge < -0.3 is 0 Å². The Labute approximate surface area is 146 Å². The molecule has 0 radical (unpaired) electrons. The van der Waals surface area contributed by atoms with E-state index in [0.717, 1.165) is 5.56 Å². The Morgan fingerprint density at radius 3 is 2.60 bits per heavy atom. The lowest BCUT2D eigenvalue weighted by Crippen LogP contribution is -2.39. The second kappa shape index (κ2) is 6.75. The van der Waals surface area contributed by atoms with Gasteiger partial charge in [0, 0.05) is 12.1 Å². The van der Waals surface area contributed by atoms with E-state index in [1.54, 1.807) is 36.4 Å². The van der Waals surface area contributed by atoms with Crippen LogP contribution in [0.5, 0.6) is 0 Å². The maximum Gasteiger partial charge on any atom is 0.261 e. The van der Waals surface area contributed by atoms with Gasteiger partial charge in [0.1, 0.15) is 5.78 Å². The number of sulfonamides is 1. The van der Waals surface area contributed by atoms with Crippen LogP contribution in [0, 0.1) is 11.3 Å². The summed E-state index contributed by atoms with van der Waals surface area (Å²) in [6, 6.07) is 13.0. The second-order valence-corrected chi connectivity index (χ2v) is 7.77. The normalized spacial score (nSPS) is 18.0. The van der Waals surface area contributed by atoms with E-state index in [1.165, 1.54) is 17.3 Å². The Kier molecular flexibility index (Phi) is 4.66. The predicted molar refractivity (Wildman–Crippen MR) is 92.0 cm³/mol. The molecule has 0 saturated carbocycles. The lowest BCUT2D eigenvalue weighted by atomic mass is 10.1. The van der Waals surface area contributed by atoms with Crippen molar-refractivity contribution in [3.05, 3.63) is 48.0 Å². The minimum Gasteiger partial charge on any atom is -0.298 e. The molecular formula is C18H17N3O3S. The highest BCUT2D eigenvalue weighted by Gasteiger charge is 2.38. The van der Waals surface area contributed by atoms with Gasteiger partial charge in [-0.1, -0.05) is 18.2 Å². The molecule has 1 aliphatic heterocycles. The molecule has 25 heavy (non-hydrogen) atoms. The fraction of sp³-hybridized carbons (Fsp3) is 0.278. The molecule has 1 aromatic carbocycles. The molecule has 1 aromatic heterocycles. The molecule has 2 aromatic rings. The number of nitrogens with zero attached hydrogens (tertiary/aromatic N) is 3. The van der Waals surface area contributed by atoms with E-state index in [0.29, 0.717) is 30.6 Å². The van der Waals surface area contributed by atoms with E-state index in [-0.39, 0.29) is 10.8 Å². The average molecular weight is 355 g/mol. The highest BCUT2D eigenvalue weighted by atomic mass is 32.2. The van der Waals surface area contributed by atoms with Crippen molar-refractivity contribution >= 4 is 15.8 Å². The topological polar surface area (TPSA) is 91.1 Å². The number of carbonyl (C=O) groups is 1. The first-order chi connectivity index (χ1) is 11.9. The van der Waals surface area contributed by atoms with Crippen molar-refractivity contribution in [2.24, 2.45) is 0 Å². The molecule has 1 aliphatic rings. The lowest BCUT2D eigenvalue weighted by Gasteiger charge is -2.21. The number of ketones is 1. The number of benzene rings is 1. The SMILES string of the molecule is CC(=O)C1CCCN1S(=O)(=O)c1cccc(-c2ccc(C#N)cc2)n1. The summed E-state index contributed by atoms with van der Waals surface area (Å²) in [5.41, 5.74) is 1.75. The van der Waals surface area contributed by atoms with E-state index in [4.69, 9.17) is 5.26 Å². The average Bonchev–Trinajstić information content (AvgIpc) is 3.13. The van der Waals surface area contributed by atoms with Crippen LogP contribution in [0.3, 0.4) is 0 Å². The van der Waals surface area contributed by atoms with Crippen LogP contribution in [0.25, 0.3) is 11.3 Å². The number of aromatic nitrogens is 1. The Bertz CT molecular complexity index is 946. The van der Waals surface area contributed by atoms with Crippen molar-refractivity contribution in [2.75, 3.05) is 6.54 Å². The summed E-state index contributed by atoms with van der Waals surface area (Å²) in [4.78, 5) is 16.0. The monoisotopic (exact) mass is 355 g/mol. The van der Waals surface area contributed by atoms with Crippen LogP contribution in [0.15, 0.2) is 47.5 Å². The minimum atomic E-state index is -3.83. The summed E-state index contributed by atoms with van der Waals surface area (Å²) >= 11 is 0. The third kappa shape index (κ3) is 3.31. The van der Waals surface area contributed by atoms with Gasteiger partial charge in [-0.05, 0) is 44.0 Å². The van der Waals surface area contributed by atoms with Crippen LogP contribution in [0.2, 0.25) is 0 Å². The van der Waals surface area contributed by atoms with Crippen molar-refractivity contribution in [2.45, 2.75) is 30.8 Å². The summed E-state index contributed by atoms with van der Waals surface area (Å²) in [5, 5.41) is 8.80. The molecule has 0 bridgehead atoms. The van der Waals surface area contributed by atoms with Gasteiger partial charge in [-0.15, -0.1) is 0 Å². The van der Waals surface area contributed by atoms with Crippen molar-refractivity contribution in [1.82, 2.24) is 9.29 Å². The maximum absolute atomic E-state index is 12.9. The van der Waals surface area contributed by atoms with Gasteiger partial charge in [0.15, 0.2) is 5.03 Å². The molecule has 3 rings (SSSR count). The smallest absolute Gasteiger partial charge is 0.261 e. The van der Waals surface area contributed by atoms with Crippen LogP contribution in [0.4, 0.5) is 0 Å². The zero-order valence-electron chi connectivity index (χ0n) is 13.7. The van der Waals surface area contributed by atoms with Crippen LogP contribution in [0.1, 0.15) is 25.3 Å². The van der Waals surface area contributed by atoms with E-state index in [1.807, 2.05) is 6.07 Å². The van der Waals surface area contributed by atoms with E-state index < -0.39 is 16.1 Å². The fourth-order valence-corrected chi connectivity index (χ4v) is 4.65. The highest BCUT2D eigenvalue weighted by Crippen LogP contribution is 2.27. The molecule has 1 fully saturated rings. The first kappa shape index (κ1) is 17.3. The van der Waals surface area contributed by atoms with Crippen molar-refractivity contribution in [3.63, 3.8) is 0 Å². The minimum absolute atomic E-state index is 0.0671. The van der Waals surface area contributed by atoms with Gasteiger partial charge in [0.25, 0.3) is 10.0 Å². The molecule has 128 valence electrons. The number of rotatable bonds is 4. The Balaban J connectivity index is 1.98. The van der Waals surface area contributed by atoms with Gasteiger partial charge in [-0.25, -0.2) is 13.4 Å². The molecule has 6 nitrogen and oxygen atoms in total. The molecule has 2 heterocycles. The van der Waals surface area contributed by atoms with Crippen LogP contribution in [-0.4, -0.2) is 36.1 Å². The lowest BCUT2D eigenvalue weighted by molar-refractivity contribution is -0.119. The molecule has 1 unspecified atom stereocenters. The molecule has 1 saturated heterocycles. The van der Waals surface area contributed by atoms with Gasteiger partial charge >= 0.3 is 0 Å². The van der Waals surface area contributed by atoms with Gasteiger partial charge in [0.05, 0.1) is 23.4 Å². The number of pyridine rings is 1. The first-order valence-corrected chi connectivity index (χ1v) is 9.37. The van der Waals surface area contributed by atoms with Crippen molar-refractivity contribution < 1.29 is 13.2 Å². The first-order valence-electron chi connectivity index (χ1n) is 7.93. The summed E-state index contributed by atoms with van der Waals surface area (Å²) in [5.74, 6) is -0.149. The van der Waals surface area contributed by atoms with E-state index in [9.17, 15) is 13.2 Å². The maximum atomic E-state index is 12.9. The number of hydrogen-bond acceptors (Lipinski definition) is 5. The number of Topliss-reactive ketones (excluding diaryl/α,β-unsaturated/α-hetero) is 1. The summed E-state index contributed by atoms with van der Waals surface area (Å²) < 4.78 is 27.1. The molecule has 1 atom stereocenters. The van der Waals surface area contributed by atoms with E-state index >= 15 is 0 Å². The molecular weight excluding hydrogens is 338 g/mol. The number of nitriles is 1. The highest BCUT2D eigenvalue weighted by molar-refractivity contribution is 7.89. The molecule has 0 spiro atoms. The van der Waals surface area contributed by atoms with Gasteiger partial charge in [0.2, 0.25) is 0 Å². The summed E-state index contributed by atoms with van der Waals surface area (Å²) in [6.45, 7) is 1.74. The van der Waals surface area contributed by atoms with Crippen molar-refractivity contribution in [1.29, 1.82) is 5.26 Å². The van der Waals surface area contributed by atoms with Gasteiger partial charge in [-0.3, -0.25) is 4.79 Å². The molecule has 7 heteroatoms. The molecule has 0 amide bonds. The fourth-order valence-electron chi connectivity index (χ4n) is 2.99. The Morgan fingerprint density at radius 2 is 1.96 bits per heavy atom. The standard InChI is InChI=1S/C18H17N3O3S/c1-13(22)17-5-3-11-21(17)25(23,24)18-6-2-4-16(20-18)15-9-7-14(12-19)8-10-15/h2,4,6-10,17H,3,5,11H2,1H3. The summed E-state index contributed by atoms with van der Waals surface area (Å²) in [7, 11) is -3.83. The Hall–Kier alpha value is -2.56. The quantitative estimate of drug-likeness (QED) is 0.839. The van der Waals surface area contributed by atoms with Crippen LogP contribution >= 0.6 is 0 Å². The van der Waals surface area contributed by atoms with Crippen molar-refractivity contribution in [3.8, 4) is 17.3 Å². The van der Waals surface area contributed by atoms with E-state index in [2.05, 4.69) is 4.98 Å². The third-order valence-electron chi connectivity index (χ3n) is 4.28. The summed E-state index contributed by atoms with van der Waals surface area (Å²) in [6.07, 6.45) is 1.21. The van der Waals surface area contributed by atoms with Gasteiger partial charge in [-0.2, -0.15) is 9.57 Å². The van der Waals surface area contributed by atoms with Crippen LogP contribution < -0.4 is 0 Å². The third-order valence-corrected chi connectivity index (χ3v) is 6.09. The zero-order valence-corrected chi connectivity index (χ0v) is 14.5. The number of hydrogen-bond donors (Lipinski definition) is 0. The second-order valence-electron chi connectivity index (χ2n) is 5.93. The van der Waals surface area contributed by atoms with Crippen LogP contribution in [-0.2, 0) is 14.8 Å². The molecule has 0 N–H and O–H groups in total. The zero-order chi connectivity index (χ0) is 18.0.